The summed E-state index contributed by atoms with van der Waals surface area (Å²) in [6, 6.07) is 0. The van der Waals surface area contributed by atoms with Crippen LogP contribution in [0.25, 0.3) is 0 Å². The summed E-state index contributed by atoms with van der Waals surface area (Å²) in [6.45, 7) is 3.13. The largest absolute Gasteiger partial charge is 0.337 e. The summed E-state index contributed by atoms with van der Waals surface area (Å²) in [5.74, 6) is 0.954. The van der Waals surface area contributed by atoms with Gasteiger partial charge in [-0.3, -0.25) is 0 Å². The van der Waals surface area contributed by atoms with Crippen LogP contribution >= 0.6 is 0 Å². The molecule has 1 nitrogen and oxygen atoms in total. The molecule has 1 unspecified atom stereocenters. The summed E-state index contributed by atoms with van der Waals surface area (Å²) in [5.41, 5.74) is 5.60. The Bertz CT molecular complexity index is 75.0. The van der Waals surface area contributed by atoms with Crippen LogP contribution in [-0.4, -0.2) is 13.2 Å². The van der Waals surface area contributed by atoms with Gasteiger partial charge in [-0.05, 0) is 6.44 Å². The highest BCUT2D eigenvalue weighted by molar-refractivity contribution is 6.61. The molecule has 0 aromatic heterocycles. The van der Waals surface area contributed by atoms with Crippen molar-refractivity contribution in [3.8, 4) is 0 Å². The van der Waals surface area contributed by atoms with Gasteiger partial charge in [0, 0.05) is 0 Å². The van der Waals surface area contributed by atoms with E-state index < -0.39 is 0 Å². The molecule has 0 saturated carbocycles. The molecular formula is C7H16BN. The summed E-state index contributed by atoms with van der Waals surface area (Å²) in [7, 11) is 0. The molecule has 0 radical (unpaired) electrons. The van der Waals surface area contributed by atoms with Crippen LogP contribution in [0.5, 0.6) is 0 Å². The van der Waals surface area contributed by atoms with Gasteiger partial charge in [0.05, 0.1) is 0 Å². The quantitative estimate of drug-likeness (QED) is 0.556. The first-order valence-corrected chi connectivity index (χ1v) is 4.08. The van der Waals surface area contributed by atoms with E-state index >= 15 is 0 Å². The second-order valence-electron chi connectivity index (χ2n) is 3.10. The normalized spacial score (nSPS) is 27.3. The zero-order chi connectivity index (χ0) is 6.69. The average Bonchev–Trinajstić information content (AvgIpc) is 2.33. The van der Waals surface area contributed by atoms with Crippen LogP contribution in [0.15, 0.2) is 0 Å². The van der Waals surface area contributed by atoms with Crippen LogP contribution in [0.2, 0.25) is 12.1 Å². The van der Waals surface area contributed by atoms with E-state index in [4.69, 9.17) is 5.73 Å². The minimum absolute atomic E-state index is 0.856. The van der Waals surface area contributed by atoms with Crippen molar-refractivity contribution in [3.05, 3.63) is 0 Å². The van der Waals surface area contributed by atoms with Gasteiger partial charge in [0.1, 0.15) is 0 Å². The third-order valence-corrected chi connectivity index (χ3v) is 2.64. The van der Waals surface area contributed by atoms with E-state index in [1.54, 1.807) is 0 Å². The van der Waals surface area contributed by atoms with Crippen molar-refractivity contribution in [1.29, 1.82) is 0 Å². The molecular weight excluding hydrogens is 109 g/mol. The molecule has 0 aliphatic carbocycles. The molecule has 0 aromatic carbocycles. The molecule has 1 atom stereocenters. The monoisotopic (exact) mass is 125 g/mol. The number of hydrogen-bond acceptors (Lipinski definition) is 1. The van der Waals surface area contributed by atoms with E-state index in [9.17, 15) is 0 Å². The molecule has 1 rings (SSSR count). The average molecular weight is 125 g/mol. The number of nitrogens with two attached hydrogens (primary N) is 1. The van der Waals surface area contributed by atoms with Gasteiger partial charge in [-0.25, -0.2) is 0 Å². The molecule has 1 fully saturated rings. The molecule has 1 aliphatic heterocycles. The molecule has 9 heavy (non-hydrogen) atoms. The lowest BCUT2D eigenvalue weighted by Crippen LogP contribution is -2.25. The first kappa shape index (κ1) is 7.14. The van der Waals surface area contributed by atoms with Crippen molar-refractivity contribution >= 4 is 6.71 Å². The van der Waals surface area contributed by atoms with Crippen LogP contribution in [0, 0.1) is 0 Å². The summed E-state index contributed by atoms with van der Waals surface area (Å²) < 4.78 is 0. The van der Waals surface area contributed by atoms with Crippen molar-refractivity contribution in [2.24, 2.45) is 5.73 Å². The van der Waals surface area contributed by atoms with E-state index in [2.05, 4.69) is 6.92 Å². The van der Waals surface area contributed by atoms with Crippen molar-refractivity contribution in [1.82, 2.24) is 0 Å². The molecule has 0 bridgehead atoms. The van der Waals surface area contributed by atoms with Gasteiger partial charge in [0.25, 0.3) is 0 Å². The molecule has 0 amide bonds. The number of rotatable bonds is 2. The summed E-state index contributed by atoms with van der Waals surface area (Å²) in [6.07, 6.45) is 6.48. The second-order valence-corrected chi connectivity index (χ2v) is 3.10. The Morgan fingerprint density at radius 3 is 2.89 bits per heavy atom. The van der Waals surface area contributed by atoms with Crippen LogP contribution in [0.1, 0.15) is 26.2 Å². The van der Waals surface area contributed by atoms with Crippen LogP contribution in [-0.2, 0) is 0 Å². The third-order valence-electron chi connectivity index (χ3n) is 2.64. The van der Waals surface area contributed by atoms with Crippen LogP contribution < -0.4 is 5.73 Å². The van der Waals surface area contributed by atoms with Gasteiger partial charge in [0.15, 0.2) is 6.71 Å². The van der Waals surface area contributed by atoms with E-state index in [0.29, 0.717) is 0 Å². The van der Waals surface area contributed by atoms with E-state index in [-0.39, 0.29) is 0 Å². The zero-order valence-electron chi connectivity index (χ0n) is 6.27. The fourth-order valence-electron chi connectivity index (χ4n) is 1.96. The van der Waals surface area contributed by atoms with Gasteiger partial charge in [0.2, 0.25) is 0 Å². The lowest BCUT2D eigenvalue weighted by atomic mass is 9.42. The zero-order valence-corrected chi connectivity index (χ0v) is 6.27. The Kier molecular flexibility index (Phi) is 2.58. The molecule has 2 heteroatoms. The topological polar surface area (TPSA) is 26.0 Å². The Morgan fingerprint density at radius 1 is 1.67 bits per heavy atom. The van der Waals surface area contributed by atoms with Gasteiger partial charge < -0.3 is 5.73 Å². The predicted octanol–water partition coefficient (Wildman–Crippen LogP) is 1.55. The summed E-state index contributed by atoms with van der Waals surface area (Å²) >= 11 is 0. The molecule has 1 heterocycles. The Morgan fingerprint density at radius 2 is 2.44 bits per heavy atom. The molecule has 0 aromatic rings. The maximum atomic E-state index is 5.60. The van der Waals surface area contributed by atoms with E-state index in [1.165, 1.54) is 25.6 Å². The Balaban J connectivity index is 2.32. The SMILES string of the molecule is CCC1CCCB1CN. The molecule has 0 spiro atoms. The van der Waals surface area contributed by atoms with Gasteiger partial charge >= 0.3 is 0 Å². The Hall–Kier alpha value is 0.0249. The van der Waals surface area contributed by atoms with Crippen LogP contribution in [0.4, 0.5) is 0 Å². The maximum absolute atomic E-state index is 5.60. The van der Waals surface area contributed by atoms with Crippen LogP contribution in [0.3, 0.4) is 0 Å². The van der Waals surface area contributed by atoms with Crippen molar-refractivity contribution in [3.63, 3.8) is 0 Å². The predicted molar refractivity (Wildman–Crippen MR) is 42.9 cm³/mol. The van der Waals surface area contributed by atoms with Crippen molar-refractivity contribution in [2.45, 2.75) is 38.3 Å². The highest BCUT2D eigenvalue weighted by Crippen LogP contribution is 2.32. The van der Waals surface area contributed by atoms with Gasteiger partial charge in [-0.1, -0.05) is 38.3 Å². The van der Waals surface area contributed by atoms with Crippen molar-refractivity contribution in [2.75, 3.05) is 6.44 Å². The highest BCUT2D eigenvalue weighted by Gasteiger charge is 2.27. The standard InChI is InChI=1S/C7H16BN/c1-2-7-4-3-5-8(7)6-9/h7H,2-6,9H2,1H3. The second kappa shape index (κ2) is 3.26. The van der Waals surface area contributed by atoms with E-state index in [1.807, 2.05) is 0 Å². The molecule has 2 N–H and O–H groups in total. The maximum Gasteiger partial charge on any atom is 0.159 e. The van der Waals surface area contributed by atoms with Gasteiger partial charge in [-0.15, -0.1) is 0 Å². The smallest absolute Gasteiger partial charge is 0.159 e. The third kappa shape index (κ3) is 1.48. The Labute approximate surface area is 58.1 Å². The lowest BCUT2D eigenvalue weighted by molar-refractivity contribution is 0.735. The molecule has 1 aliphatic rings. The minimum atomic E-state index is 0.856. The first-order valence-electron chi connectivity index (χ1n) is 4.08. The molecule has 1 saturated heterocycles. The first-order chi connectivity index (χ1) is 4.38. The number of hydrogen-bond donors (Lipinski definition) is 1. The van der Waals surface area contributed by atoms with Crippen molar-refractivity contribution < 1.29 is 0 Å². The lowest BCUT2D eigenvalue weighted by Gasteiger charge is -2.10. The summed E-state index contributed by atoms with van der Waals surface area (Å²) in [5, 5.41) is 0. The fraction of sp³-hybridized carbons (Fsp3) is 1.00. The minimum Gasteiger partial charge on any atom is -0.337 e. The fourth-order valence-corrected chi connectivity index (χ4v) is 1.96. The molecule has 52 valence electrons. The summed E-state index contributed by atoms with van der Waals surface area (Å²) in [4.78, 5) is 0. The highest BCUT2D eigenvalue weighted by atomic mass is 14.5. The van der Waals surface area contributed by atoms with E-state index in [0.717, 1.165) is 19.0 Å². The van der Waals surface area contributed by atoms with Gasteiger partial charge in [-0.2, -0.15) is 0 Å².